The normalized spacial score (nSPS) is 10.6. The van der Waals surface area contributed by atoms with Crippen molar-refractivity contribution in [1.82, 2.24) is 4.98 Å². The van der Waals surface area contributed by atoms with E-state index >= 15 is 0 Å². The number of carbonyl (C=O) groups is 1. The highest BCUT2D eigenvalue weighted by Gasteiger charge is 2.19. The van der Waals surface area contributed by atoms with Gasteiger partial charge >= 0.3 is 5.97 Å². The molecule has 0 saturated carbocycles. The van der Waals surface area contributed by atoms with E-state index in [1.165, 1.54) is 6.20 Å². The number of aliphatic hydroxyl groups excluding tert-OH is 1. The van der Waals surface area contributed by atoms with Crippen LogP contribution in [0.5, 0.6) is 11.5 Å². The molecule has 0 aliphatic rings. The van der Waals surface area contributed by atoms with Gasteiger partial charge in [0.25, 0.3) is 0 Å². The van der Waals surface area contributed by atoms with Gasteiger partial charge in [-0.3, -0.25) is 4.98 Å². The lowest BCUT2D eigenvalue weighted by Crippen LogP contribution is -2.13. The summed E-state index contributed by atoms with van der Waals surface area (Å²) < 4.78 is 16.4. The number of anilines is 1. The number of ether oxygens (including phenoxy) is 3. The fraction of sp³-hybridized carbons (Fsp3) is 0.444. The number of aliphatic hydroxyl groups is 1. The monoisotopic (exact) mass is 348 g/mol. The smallest absolute Gasteiger partial charge is 0.341 e. The van der Waals surface area contributed by atoms with Crippen molar-refractivity contribution >= 4 is 22.6 Å². The van der Waals surface area contributed by atoms with Gasteiger partial charge in [0.2, 0.25) is 0 Å². The number of nitrogens with zero attached hydrogens (tertiary/aromatic N) is 1. The van der Waals surface area contributed by atoms with Gasteiger partial charge in [-0.1, -0.05) is 0 Å². The molecule has 7 nitrogen and oxygen atoms in total. The van der Waals surface area contributed by atoms with Crippen LogP contribution >= 0.6 is 0 Å². The zero-order valence-electron chi connectivity index (χ0n) is 14.8. The van der Waals surface area contributed by atoms with Crippen LogP contribution in [-0.4, -0.2) is 49.0 Å². The average Bonchev–Trinajstić information content (AvgIpc) is 2.60. The van der Waals surface area contributed by atoms with Gasteiger partial charge in [0, 0.05) is 24.2 Å². The van der Waals surface area contributed by atoms with Crippen molar-refractivity contribution in [3.63, 3.8) is 0 Å². The van der Waals surface area contributed by atoms with E-state index in [1.807, 2.05) is 13.8 Å². The van der Waals surface area contributed by atoms with E-state index in [1.54, 1.807) is 19.1 Å². The third-order valence-corrected chi connectivity index (χ3v) is 3.44. The summed E-state index contributed by atoms with van der Waals surface area (Å²) in [6.45, 7) is 7.00. The summed E-state index contributed by atoms with van der Waals surface area (Å²) in [4.78, 5) is 16.6. The van der Waals surface area contributed by atoms with E-state index in [-0.39, 0.29) is 13.2 Å². The number of hydrogen-bond donors (Lipinski definition) is 2. The third-order valence-electron chi connectivity index (χ3n) is 3.44. The highest BCUT2D eigenvalue weighted by Crippen LogP contribution is 2.36. The molecule has 2 rings (SSSR count). The van der Waals surface area contributed by atoms with Crippen molar-refractivity contribution in [2.24, 2.45) is 0 Å². The van der Waals surface area contributed by atoms with Crippen LogP contribution in [0.15, 0.2) is 18.3 Å². The molecule has 0 atom stereocenters. The summed E-state index contributed by atoms with van der Waals surface area (Å²) in [6.07, 6.45) is 1.47. The Bertz CT molecular complexity index is 733. The van der Waals surface area contributed by atoms with Crippen LogP contribution in [0.4, 0.5) is 5.69 Å². The standard InChI is InChI=1S/C18H24N2O5/c1-4-23-15-9-12-14(10-16(15)24-5-2)20-11-13(18(22)25-6-3)17(12)19-7-8-21/h9-11,21H,4-8H2,1-3H3,(H,19,20). The van der Waals surface area contributed by atoms with Crippen molar-refractivity contribution in [3.05, 3.63) is 23.9 Å². The van der Waals surface area contributed by atoms with Crippen molar-refractivity contribution in [3.8, 4) is 11.5 Å². The lowest BCUT2D eigenvalue weighted by molar-refractivity contribution is 0.0527. The molecule has 0 fully saturated rings. The lowest BCUT2D eigenvalue weighted by atomic mass is 10.1. The molecule has 0 amide bonds. The molecule has 0 saturated heterocycles. The maximum Gasteiger partial charge on any atom is 0.341 e. The van der Waals surface area contributed by atoms with E-state index < -0.39 is 5.97 Å². The molecule has 0 spiro atoms. The predicted octanol–water partition coefficient (Wildman–Crippen LogP) is 2.61. The zero-order valence-corrected chi connectivity index (χ0v) is 14.8. The Morgan fingerprint density at radius 2 is 1.80 bits per heavy atom. The molecule has 0 unspecified atom stereocenters. The van der Waals surface area contributed by atoms with Gasteiger partial charge in [0.15, 0.2) is 11.5 Å². The second-order valence-corrected chi connectivity index (χ2v) is 5.10. The highest BCUT2D eigenvalue weighted by atomic mass is 16.5. The van der Waals surface area contributed by atoms with Crippen molar-refractivity contribution in [2.75, 3.05) is 38.3 Å². The SMILES string of the molecule is CCOC(=O)c1cnc2cc(OCC)c(OCC)cc2c1NCCO. The number of nitrogens with one attached hydrogen (secondary N) is 1. The van der Waals surface area contributed by atoms with Gasteiger partial charge in [-0.2, -0.15) is 0 Å². The Balaban J connectivity index is 2.64. The van der Waals surface area contributed by atoms with Crippen molar-refractivity contribution in [2.45, 2.75) is 20.8 Å². The van der Waals surface area contributed by atoms with Crippen LogP contribution in [0, 0.1) is 0 Å². The van der Waals surface area contributed by atoms with E-state index in [0.29, 0.717) is 53.4 Å². The average molecular weight is 348 g/mol. The summed E-state index contributed by atoms with van der Waals surface area (Å²) >= 11 is 0. The number of rotatable bonds is 9. The van der Waals surface area contributed by atoms with Gasteiger partial charge in [0.05, 0.1) is 37.6 Å². The van der Waals surface area contributed by atoms with Crippen LogP contribution in [0.2, 0.25) is 0 Å². The number of pyridine rings is 1. The zero-order chi connectivity index (χ0) is 18.2. The summed E-state index contributed by atoms with van der Waals surface area (Å²) in [6, 6.07) is 3.57. The number of fused-ring (bicyclic) bond motifs is 1. The number of esters is 1. The Morgan fingerprint density at radius 3 is 2.40 bits per heavy atom. The third kappa shape index (κ3) is 4.30. The molecule has 0 aliphatic heterocycles. The number of carbonyl (C=O) groups excluding carboxylic acids is 1. The quantitative estimate of drug-likeness (QED) is 0.673. The Labute approximate surface area is 146 Å². The fourth-order valence-electron chi connectivity index (χ4n) is 2.47. The Kier molecular flexibility index (Phi) is 6.82. The molecular weight excluding hydrogens is 324 g/mol. The number of hydrogen-bond acceptors (Lipinski definition) is 7. The number of aromatic nitrogens is 1. The molecule has 2 N–H and O–H groups in total. The topological polar surface area (TPSA) is 89.9 Å². The molecule has 0 radical (unpaired) electrons. The molecular formula is C18H24N2O5. The van der Waals surface area contributed by atoms with Crippen LogP contribution in [0.1, 0.15) is 31.1 Å². The molecule has 1 heterocycles. The van der Waals surface area contributed by atoms with Crippen molar-refractivity contribution in [1.29, 1.82) is 0 Å². The van der Waals surface area contributed by atoms with Gasteiger partial charge in [-0.25, -0.2) is 4.79 Å². The van der Waals surface area contributed by atoms with Crippen LogP contribution in [0.3, 0.4) is 0 Å². The lowest BCUT2D eigenvalue weighted by Gasteiger charge is -2.16. The van der Waals surface area contributed by atoms with E-state index in [4.69, 9.17) is 19.3 Å². The summed E-state index contributed by atoms with van der Waals surface area (Å²) in [5, 5.41) is 12.9. The molecule has 1 aromatic heterocycles. The van der Waals surface area contributed by atoms with E-state index in [9.17, 15) is 4.79 Å². The van der Waals surface area contributed by atoms with Crippen LogP contribution in [-0.2, 0) is 4.74 Å². The summed E-state index contributed by atoms with van der Waals surface area (Å²) in [7, 11) is 0. The molecule has 0 bridgehead atoms. The van der Waals surface area contributed by atoms with Crippen molar-refractivity contribution < 1.29 is 24.1 Å². The first-order chi connectivity index (χ1) is 12.2. The van der Waals surface area contributed by atoms with Gasteiger partial charge in [0.1, 0.15) is 5.56 Å². The maximum atomic E-state index is 12.2. The molecule has 25 heavy (non-hydrogen) atoms. The minimum Gasteiger partial charge on any atom is -0.490 e. The summed E-state index contributed by atoms with van der Waals surface area (Å²) in [5.41, 5.74) is 1.52. The van der Waals surface area contributed by atoms with E-state index in [0.717, 1.165) is 0 Å². The Morgan fingerprint density at radius 1 is 1.12 bits per heavy atom. The van der Waals surface area contributed by atoms with Gasteiger partial charge in [-0.05, 0) is 26.8 Å². The first kappa shape index (κ1) is 18.8. The molecule has 2 aromatic rings. The number of benzene rings is 1. The molecule has 7 heteroatoms. The minimum atomic E-state index is -0.468. The maximum absolute atomic E-state index is 12.2. The first-order valence-electron chi connectivity index (χ1n) is 8.40. The summed E-state index contributed by atoms with van der Waals surface area (Å²) in [5.74, 6) is 0.706. The molecule has 0 aliphatic carbocycles. The molecule has 136 valence electrons. The van der Waals surface area contributed by atoms with Gasteiger partial charge < -0.3 is 24.6 Å². The molecule has 1 aromatic carbocycles. The minimum absolute atomic E-state index is 0.0680. The Hall–Kier alpha value is -2.54. The van der Waals surface area contributed by atoms with E-state index in [2.05, 4.69) is 10.3 Å². The largest absolute Gasteiger partial charge is 0.490 e. The predicted molar refractivity (Wildman–Crippen MR) is 95.6 cm³/mol. The second-order valence-electron chi connectivity index (χ2n) is 5.10. The van der Waals surface area contributed by atoms with Crippen LogP contribution in [0.25, 0.3) is 10.9 Å². The fourth-order valence-corrected chi connectivity index (χ4v) is 2.47. The van der Waals surface area contributed by atoms with Gasteiger partial charge in [-0.15, -0.1) is 0 Å². The first-order valence-corrected chi connectivity index (χ1v) is 8.40. The highest BCUT2D eigenvalue weighted by molar-refractivity contribution is 6.05. The second kappa shape index (κ2) is 9.08. The van der Waals surface area contributed by atoms with Crippen LogP contribution < -0.4 is 14.8 Å².